The van der Waals surface area contributed by atoms with Crippen LogP contribution in [0.2, 0.25) is 0 Å². The van der Waals surface area contributed by atoms with Gasteiger partial charge in [-0.05, 0) is 31.4 Å². The van der Waals surface area contributed by atoms with Gasteiger partial charge < -0.3 is 5.32 Å². The Morgan fingerprint density at radius 3 is 2.56 bits per heavy atom. The summed E-state index contributed by atoms with van der Waals surface area (Å²) in [6.45, 7) is 7.47. The van der Waals surface area contributed by atoms with Gasteiger partial charge in [0.2, 0.25) is 0 Å². The molecule has 0 aliphatic heterocycles. The van der Waals surface area contributed by atoms with Crippen LogP contribution in [0.3, 0.4) is 0 Å². The van der Waals surface area contributed by atoms with Crippen molar-refractivity contribution in [2.45, 2.75) is 33.7 Å². The van der Waals surface area contributed by atoms with Crippen molar-refractivity contribution in [1.29, 1.82) is 0 Å². The molecule has 104 valence electrons. The molecule has 0 spiro atoms. The van der Waals surface area contributed by atoms with Crippen molar-refractivity contribution in [3.8, 4) is 0 Å². The van der Waals surface area contributed by atoms with Crippen LogP contribution in [0.25, 0.3) is 0 Å². The molecule has 3 nitrogen and oxygen atoms in total. The maximum atomic E-state index is 11.7. The molecule has 0 amide bonds. The fraction of sp³-hybridized carbons (Fsp3) is 0.692. The molecule has 0 saturated heterocycles. The van der Waals surface area contributed by atoms with Crippen molar-refractivity contribution in [2.75, 3.05) is 18.1 Å². The van der Waals surface area contributed by atoms with E-state index < -0.39 is 9.84 Å². The van der Waals surface area contributed by atoms with Crippen molar-refractivity contribution in [3.63, 3.8) is 0 Å². The predicted molar refractivity (Wildman–Crippen MR) is 78.9 cm³/mol. The second-order valence-electron chi connectivity index (χ2n) is 5.02. The fourth-order valence-electron chi connectivity index (χ4n) is 1.54. The van der Waals surface area contributed by atoms with E-state index in [0.717, 1.165) is 13.0 Å². The quantitative estimate of drug-likeness (QED) is 0.748. The molecule has 0 radical (unpaired) electrons. The zero-order valence-corrected chi connectivity index (χ0v) is 13.0. The third-order valence-electron chi connectivity index (χ3n) is 2.69. The van der Waals surface area contributed by atoms with Crippen LogP contribution < -0.4 is 5.32 Å². The standard InChI is InChI=1S/C13H23NO2S2/c1-11(2)6-8-18(15,16)9-7-14-10-13-5-4-12(3)17-13/h4-5,11,14H,6-10H2,1-3H3. The zero-order valence-electron chi connectivity index (χ0n) is 11.4. The number of rotatable bonds is 8. The van der Waals surface area contributed by atoms with Gasteiger partial charge >= 0.3 is 0 Å². The molecule has 1 N–H and O–H groups in total. The summed E-state index contributed by atoms with van der Waals surface area (Å²) in [6, 6.07) is 4.17. The molecule has 1 aromatic heterocycles. The Kier molecular flexibility index (Phi) is 6.32. The smallest absolute Gasteiger partial charge is 0.151 e. The van der Waals surface area contributed by atoms with Crippen molar-refractivity contribution in [1.82, 2.24) is 5.32 Å². The Morgan fingerprint density at radius 2 is 2.00 bits per heavy atom. The van der Waals surface area contributed by atoms with Gasteiger partial charge in [0.15, 0.2) is 9.84 Å². The predicted octanol–water partition coefficient (Wildman–Crippen LogP) is 2.61. The van der Waals surface area contributed by atoms with Crippen LogP contribution in [0.5, 0.6) is 0 Å². The molecule has 1 rings (SSSR count). The van der Waals surface area contributed by atoms with Crippen molar-refractivity contribution in [3.05, 3.63) is 21.9 Å². The highest BCUT2D eigenvalue weighted by atomic mass is 32.2. The molecular formula is C13H23NO2S2. The fourth-order valence-corrected chi connectivity index (χ4v) is 3.89. The van der Waals surface area contributed by atoms with Crippen LogP contribution >= 0.6 is 11.3 Å². The summed E-state index contributed by atoms with van der Waals surface area (Å²) >= 11 is 1.75. The van der Waals surface area contributed by atoms with Crippen LogP contribution in [0.1, 0.15) is 30.0 Å². The van der Waals surface area contributed by atoms with Crippen molar-refractivity contribution < 1.29 is 8.42 Å². The van der Waals surface area contributed by atoms with Crippen molar-refractivity contribution in [2.24, 2.45) is 5.92 Å². The van der Waals surface area contributed by atoms with Crippen LogP contribution in [0.4, 0.5) is 0 Å². The van der Waals surface area contributed by atoms with Gasteiger partial charge in [-0.3, -0.25) is 0 Å². The third kappa shape index (κ3) is 6.52. The van der Waals surface area contributed by atoms with Gasteiger partial charge in [-0.15, -0.1) is 11.3 Å². The topological polar surface area (TPSA) is 46.2 Å². The van der Waals surface area contributed by atoms with Crippen molar-refractivity contribution >= 4 is 21.2 Å². The van der Waals surface area contributed by atoms with E-state index >= 15 is 0 Å². The highest BCUT2D eigenvalue weighted by molar-refractivity contribution is 7.91. The summed E-state index contributed by atoms with van der Waals surface area (Å²) in [4.78, 5) is 2.54. The van der Waals surface area contributed by atoms with Gasteiger partial charge in [0.25, 0.3) is 0 Å². The number of hydrogen-bond acceptors (Lipinski definition) is 4. The number of thiophene rings is 1. The SMILES string of the molecule is Cc1ccc(CNCCS(=O)(=O)CCC(C)C)s1. The van der Waals surface area contributed by atoms with E-state index in [-0.39, 0.29) is 5.75 Å². The minimum absolute atomic E-state index is 0.240. The highest BCUT2D eigenvalue weighted by Gasteiger charge is 2.11. The number of nitrogens with one attached hydrogen (secondary N) is 1. The lowest BCUT2D eigenvalue weighted by molar-refractivity contribution is 0.570. The molecule has 0 unspecified atom stereocenters. The molecule has 0 aromatic carbocycles. The lowest BCUT2D eigenvalue weighted by Crippen LogP contribution is -2.24. The Hall–Kier alpha value is -0.390. The van der Waals surface area contributed by atoms with E-state index in [1.54, 1.807) is 11.3 Å². The average Bonchev–Trinajstić information content (AvgIpc) is 2.68. The highest BCUT2D eigenvalue weighted by Crippen LogP contribution is 2.14. The maximum Gasteiger partial charge on any atom is 0.151 e. The third-order valence-corrected chi connectivity index (χ3v) is 5.38. The first-order valence-electron chi connectivity index (χ1n) is 6.35. The van der Waals surface area contributed by atoms with Gasteiger partial charge in [-0.2, -0.15) is 0 Å². The minimum Gasteiger partial charge on any atom is -0.311 e. The number of sulfone groups is 1. The lowest BCUT2D eigenvalue weighted by atomic mass is 10.2. The largest absolute Gasteiger partial charge is 0.311 e. The summed E-state index contributed by atoms with van der Waals surface area (Å²) in [6.07, 6.45) is 0.756. The van der Waals surface area contributed by atoms with Gasteiger partial charge in [0, 0.05) is 22.8 Å². The van der Waals surface area contributed by atoms with Crippen LogP contribution in [-0.4, -0.2) is 26.5 Å². The molecule has 18 heavy (non-hydrogen) atoms. The molecule has 0 bridgehead atoms. The Balaban J connectivity index is 2.21. The Bertz CT molecular complexity index is 449. The molecule has 0 saturated carbocycles. The number of aryl methyl sites for hydroxylation is 1. The van der Waals surface area contributed by atoms with Crippen LogP contribution in [0.15, 0.2) is 12.1 Å². The van der Waals surface area contributed by atoms with Gasteiger partial charge in [-0.1, -0.05) is 13.8 Å². The summed E-state index contributed by atoms with van der Waals surface area (Å²) in [5.74, 6) is 0.996. The first-order valence-corrected chi connectivity index (χ1v) is 8.99. The summed E-state index contributed by atoms with van der Waals surface area (Å²) < 4.78 is 23.4. The molecule has 0 aliphatic carbocycles. The molecule has 0 aliphatic rings. The van der Waals surface area contributed by atoms with E-state index in [0.29, 0.717) is 18.2 Å². The first-order chi connectivity index (χ1) is 8.39. The molecule has 0 fully saturated rings. The average molecular weight is 289 g/mol. The number of hydrogen-bond donors (Lipinski definition) is 1. The second-order valence-corrected chi connectivity index (χ2v) is 8.70. The minimum atomic E-state index is -2.88. The molecule has 1 aromatic rings. The van der Waals surface area contributed by atoms with Gasteiger partial charge in [0.1, 0.15) is 0 Å². The molecule has 5 heteroatoms. The van der Waals surface area contributed by atoms with E-state index in [1.165, 1.54) is 9.75 Å². The molecule has 1 heterocycles. The zero-order chi connectivity index (χ0) is 13.6. The molecule has 0 atom stereocenters. The van der Waals surface area contributed by atoms with Gasteiger partial charge in [0.05, 0.1) is 11.5 Å². The monoisotopic (exact) mass is 289 g/mol. The first kappa shape index (κ1) is 15.7. The Labute approximate surface area is 115 Å². The lowest BCUT2D eigenvalue weighted by Gasteiger charge is -2.07. The van der Waals surface area contributed by atoms with Crippen LogP contribution in [0, 0.1) is 12.8 Å². The molecular weight excluding hydrogens is 266 g/mol. The normalized spacial score (nSPS) is 12.2. The van der Waals surface area contributed by atoms with E-state index in [9.17, 15) is 8.42 Å². The summed E-state index contributed by atoms with van der Waals surface area (Å²) in [5, 5.41) is 3.19. The second kappa shape index (κ2) is 7.26. The summed E-state index contributed by atoms with van der Waals surface area (Å²) in [7, 11) is -2.88. The van der Waals surface area contributed by atoms with E-state index in [4.69, 9.17) is 0 Å². The van der Waals surface area contributed by atoms with Gasteiger partial charge in [-0.25, -0.2) is 8.42 Å². The maximum absolute atomic E-state index is 11.7. The van der Waals surface area contributed by atoms with E-state index in [1.807, 2.05) is 13.8 Å². The summed E-state index contributed by atoms with van der Waals surface area (Å²) in [5.41, 5.74) is 0. The van der Waals surface area contributed by atoms with E-state index in [2.05, 4.69) is 24.4 Å². The van der Waals surface area contributed by atoms with Crippen LogP contribution in [-0.2, 0) is 16.4 Å². The Morgan fingerprint density at radius 1 is 1.28 bits per heavy atom.